The standard InChI is InChI=1S/C11H7ClN4/c12-8-4-2-1-3-7(8)10-15-9-5-13-6-14-11(9)16-10/h1-6H,(H,13,14,15,16). The number of rotatable bonds is 1. The summed E-state index contributed by atoms with van der Waals surface area (Å²) in [5.41, 5.74) is 2.31. The first-order chi connectivity index (χ1) is 7.84. The lowest BCUT2D eigenvalue weighted by Gasteiger charge is -1.98. The molecule has 0 fully saturated rings. The Morgan fingerprint density at radius 2 is 2.06 bits per heavy atom. The molecule has 0 spiro atoms. The van der Waals surface area contributed by atoms with E-state index in [-0.39, 0.29) is 0 Å². The number of nitrogens with zero attached hydrogens (tertiary/aromatic N) is 3. The first-order valence-corrected chi connectivity index (χ1v) is 5.13. The van der Waals surface area contributed by atoms with Gasteiger partial charge in [0.25, 0.3) is 0 Å². The van der Waals surface area contributed by atoms with E-state index in [0.717, 1.165) is 11.1 Å². The van der Waals surface area contributed by atoms with Gasteiger partial charge in [-0.2, -0.15) is 0 Å². The highest BCUT2D eigenvalue weighted by Crippen LogP contribution is 2.26. The Bertz CT molecular complexity index is 614. The number of hydrogen-bond acceptors (Lipinski definition) is 3. The fourth-order valence-electron chi connectivity index (χ4n) is 1.54. The van der Waals surface area contributed by atoms with E-state index in [1.165, 1.54) is 6.33 Å². The van der Waals surface area contributed by atoms with Crippen molar-refractivity contribution in [1.29, 1.82) is 0 Å². The minimum absolute atomic E-state index is 0.643. The summed E-state index contributed by atoms with van der Waals surface area (Å²) in [6, 6.07) is 7.54. The fourth-order valence-corrected chi connectivity index (χ4v) is 1.77. The lowest BCUT2D eigenvalue weighted by Crippen LogP contribution is -1.81. The highest BCUT2D eigenvalue weighted by atomic mass is 35.5. The number of aromatic amines is 1. The molecule has 0 saturated carbocycles. The topological polar surface area (TPSA) is 54.5 Å². The maximum atomic E-state index is 6.09. The van der Waals surface area contributed by atoms with E-state index >= 15 is 0 Å². The smallest absolute Gasteiger partial charge is 0.181 e. The van der Waals surface area contributed by atoms with Crippen LogP contribution in [-0.2, 0) is 0 Å². The van der Waals surface area contributed by atoms with Gasteiger partial charge in [0, 0.05) is 5.56 Å². The number of aromatic nitrogens is 4. The summed E-state index contributed by atoms with van der Waals surface area (Å²) in [6.45, 7) is 0. The van der Waals surface area contributed by atoms with E-state index in [0.29, 0.717) is 16.5 Å². The third kappa shape index (κ3) is 1.44. The zero-order valence-corrected chi connectivity index (χ0v) is 8.94. The van der Waals surface area contributed by atoms with Crippen LogP contribution < -0.4 is 0 Å². The monoisotopic (exact) mass is 230 g/mol. The first-order valence-electron chi connectivity index (χ1n) is 4.75. The van der Waals surface area contributed by atoms with E-state index in [9.17, 15) is 0 Å². The van der Waals surface area contributed by atoms with Crippen LogP contribution in [-0.4, -0.2) is 19.9 Å². The molecule has 0 aliphatic heterocycles. The van der Waals surface area contributed by atoms with E-state index in [1.807, 2.05) is 24.3 Å². The average molecular weight is 231 g/mol. The van der Waals surface area contributed by atoms with Gasteiger partial charge in [0.15, 0.2) is 5.65 Å². The van der Waals surface area contributed by atoms with Crippen LogP contribution in [0.5, 0.6) is 0 Å². The zero-order chi connectivity index (χ0) is 11.0. The molecule has 5 heteroatoms. The predicted molar refractivity (Wildman–Crippen MR) is 62.1 cm³/mol. The largest absolute Gasteiger partial charge is 0.335 e. The second kappa shape index (κ2) is 3.57. The second-order valence-corrected chi connectivity index (χ2v) is 3.73. The van der Waals surface area contributed by atoms with Gasteiger partial charge < -0.3 is 4.98 Å². The summed E-state index contributed by atoms with van der Waals surface area (Å²) in [7, 11) is 0. The molecule has 0 bridgehead atoms. The minimum Gasteiger partial charge on any atom is -0.335 e. The fraction of sp³-hybridized carbons (Fsp3) is 0. The van der Waals surface area contributed by atoms with Crippen molar-refractivity contribution >= 4 is 22.8 Å². The van der Waals surface area contributed by atoms with E-state index in [2.05, 4.69) is 19.9 Å². The summed E-state index contributed by atoms with van der Waals surface area (Å²) in [4.78, 5) is 15.5. The summed E-state index contributed by atoms with van der Waals surface area (Å²) in [6.07, 6.45) is 3.16. The molecule has 0 aliphatic rings. The molecule has 0 aliphatic carbocycles. The number of nitrogens with one attached hydrogen (secondary N) is 1. The van der Waals surface area contributed by atoms with Crippen LogP contribution in [0.1, 0.15) is 0 Å². The Morgan fingerprint density at radius 3 is 2.88 bits per heavy atom. The SMILES string of the molecule is Clc1ccccc1-c1nc2ncncc2[nH]1. The number of hydrogen-bond donors (Lipinski definition) is 1. The van der Waals surface area contributed by atoms with Gasteiger partial charge in [0.1, 0.15) is 17.7 Å². The van der Waals surface area contributed by atoms with Crippen LogP contribution in [0.15, 0.2) is 36.8 Å². The minimum atomic E-state index is 0.643. The van der Waals surface area contributed by atoms with Gasteiger partial charge >= 0.3 is 0 Å². The molecule has 0 radical (unpaired) electrons. The number of imidazole rings is 1. The molecule has 4 nitrogen and oxygen atoms in total. The molecular formula is C11H7ClN4. The van der Waals surface area contributed by atoms with Crippen molar-refractivity contribution in [2.45, 2.75) is 0 Å². The Balaban J connectivity index is 2.23. The summed E-state index contributed by atoms with van der Waals surface area (Å²) in [5, 5.41) is 0.662. The number of benzene rings is 1. The Morgan fingerprint density at radius 1 is 1.19 bits per heavy atom. The van der Waals surface area contributed by atoms with Gasteiger partial charge in [-0.25, -0.2) is 15.0 Å². The van der Waals surface area contributed by atoms with Crippen molar-refractivity contribution in [3.63, 3.8) is 0 Å². The molecule has 78 valence electrons. The first kappa shape index (κ1) is 9.30. The van der Waals surface area contributed by atoms with Crippen LogP contribution in [0.2, 0.25) is 5.02 Å². The van der Waals surface area contributed by atoms with Crippen molar-refractivity contribution in [1.82, 2.24) is 19.9 Å². The van der Waals surface area contributed by atoms with Crippen molar-refractivity contribution in [2.75, 3.05) is 0 Å². The van der Waals surface area contributed by atoms with Gasteiger partial charge in [-0.3, -0.25) is 0 Å². The molecule has 16 heavy (non-hydrogen) atoms. The molecule has 2 aromatic heterocycles. The van der Waals surface area contributed by atoms with Gasteiger partial charge in [0.05, 0.1) is 11.2 Å². The van der Waals surface area contributed by atoms with Gasteiger partial charge in [-0.05, 0) is 12.1 Å². The van der Waals surface area contributed by atoms with Crippen molar-refractivity contribution in [3.05, 3.63) is 41.8 Å². The molecule has 0 amide bonds. The van der Waals surface area contributed by atoms with Crippen molar-refractivity contribution < 1.29 is 0 Å². The van der Waals surface area contributed by atoms with Crippen molar-refractivity contribution in [2.24, 2.45) is 0 Å². The zero-order valence-electron chi connectivity index (χ0n) is 8.18. The summed E-state index contributed by atoms with van der Waals surface area (Å²) in [5.74, 6) is 0.709. The van der Waals surface area contributed by atoms with Crippen LogP contribution in [0, 0.1) is 0 Å². The summed E-state index contributed by atoms with van der Waals surface area (Å²) < 4.78 is 0. The normalized spacial score (nSPS) is 10.8. The molecule has 0 atom stereocenters. The van der Waals surface area contributed by atoms with Crippen LogP contribution in [0.3, 0.4) is 0 Å². The number of fused-ring (bicyclic) bond motifs is 1. The maximum Gasteiger partial charge on any atom is 0.181 e. The quantitative estimate of drug-likeness (QED) is 0.699. The molecule has 3 aromatic rings. The lowest BCUT2D eigenvalue weighted by atomic mass is 10.2. The van der Waals surface area contributed by atoms with Gasteiger partial charge in [0.2, 0.25) is 0 Å². The molecule has 1 N–H and O–H groups in total. The van der Waals surface area contributed by atoms with Crippen LogP contribution in [0.25, 0.3) is 22.6 Å². The predicted octanol–water partition coefficient (Wildman–Crippen LogP) is 2.67. The van der Waals surface area contributed by atoms with Crippen LogP contribution in [0.4, 0.5) is 0 Å². The van der Waals surface area contributed by atoms with Gasteiger partial charge in [-0.1, -0.05) is 23.7 Å². The van der Waals surface area contributed by atoms with Crippen molar-refractivity contribution in [3.8, 4) is 11.4 Å². The number of halogens is 1. The third-order valence-electron chi connectivity index (χ3n) is 2.29. The molecule has 0 saturated heterocycles. The van der Waals surface area contributed by atoms with Gasteiger partial charge in [-0.15, -0.1) is 0 Å². The molecule has 1 aromatic carbocycles. The second-order valence-electron chi connectivity index (χ2n) is 3.33. The Kier molecular flexibility index (Phi) is 2.08. The Hall–Kier alpha value is -1.94. The molecule has 0 unspecified atom stereocenters. The molecule has 3 rings (SSSR count). The van der Waals surface area contributed by atoms with Crippen LogP contribution >= 0.6 is 11.6 Å². The third-order valence-corrected chi connectivity index (χ3v) is 2.62. The maximum absolute atomic E-state index is 6.09. The highest BCUT2D eigenvalue weighted by molar-refractivity contribution is 6.33. The van der Waals surface area contributed by atoms with E-state index in [1.54, 1.807) is 6.20 Å². The average Bonchev–Trinajstić information content (AvgIpc) is 2.73. The number of H-pyrrole nitrogens is 1. The summed E-state index contributed by atoms with van der Waals surface area (Å²) >= 11 is 6.09. The molecular weight excluding hydrogens is 224 g/mol. The highest BCUT2D eigenvalue weighted by Gasteiger charge is 2.08. The van der Waals surface area contributed by atoms with E-state index < -0.39 is 0 Å². The Labute approximate surface area is 96.3 Å². The lowest BCUT2D eigenvalue weighted by molar-refractivity contribution is 1.20. The van der Waals surface area contributed by atoms with E-state index in [4.69, 9.17) is 11.6 Å². The molecule has 2 heterocycles.